The third-order valence-electron chi connectivity index (χ3n) is 6.86. The minimum atomic E-state index is -0.566. The molecule has 198 valence electrons. The molecule has 9 heteroatoms. The molecule has 0 saturated carbocycles. The smallest absolute Gasteiger partial charge is 0.412 e. The van der Waals surface area contributed by atoms with E-state index >= 15 is 0 Å². The number of aromatic nitrogens is 2. The van der Waals surface area contributed by atoms with E-state index in [2.05, 4.69) is 52.0 Å². The SMILES string of the molecule is COc1ccc(NC(=O)O[C@@H]2CO[C@H]3[C@@H]2OC[C@@H]3Nc2nccc(-c3ccc(-c4ccccc4)cc3)n2)cc1. The Balaban J connectivity index is 1.06. The van der Waals surface area contributed by atoms with Crippen LogP contribution in [0.2, 0.25) is 0 Å². The molecule has 6 rings (SSSR count). The van der Waals surface area contributed by atoms with Crippen LogP contribution in [-0.2, 0) is 14.2 Å². The lowest BCUT2D eigenvalue weighted by Gasteiger charge is -2.18. The Hall–Kier alpha value is -4.47. The summed E-state index contributed by atoms with van der Waals surface area (Å²) < 4.78 is 22.7. The van der Waals surface area contributed by atoms with Gasteiger partial charge < -0.3 is 24.3 Å². The van der Waals surface area contributed by atoms with E-state index in [1.807, 2.05) is 24.3 Å². The van der Waals surface area contributed by atoms with E-state index in [9.17, 15) is 4.79 Å². The standard InChI is InChI=1S/C30H28N4O5/c1-36-23-13-11-22(12-14-23)32-30(35)39-26-18-38-27-25(17-37-28(26)27)34-29-31-16-15-24(33-29)21-9-7-20(8-10-21)19-5-3-2-4-6-19/h2-16,25-28H,17-18H2,1H3,(H,32,35)(H,31,33,34)/t25-,26+,27+,28+/m0/s1. The van der Waals surface area contributed by atoms with Crippen LogP contribution < -0.4 is 15.4 Å². The molecule has 2 N–H and O–H groups in total. The summed E-state index contributed by atoms with van der Waals surface area (Å²) >= 11 is 0. The van der Waals surface area contributed by atoms with Gasteiger partial charge >= 0.3 is 6.09 Å². The molecule has 3 heterocycles. The number of anilines is 2. The van der Waals surface area contributed by atoms with Crippen LogP contribution in [0.3, 0.4) is 0 Å². The highest BCUT2D eigenvalue weighted by molar-refractivity contribution is 5.84. The van der Waals surface area contributed by atoms with E-state index < -0.39 is 12.2 Å². The highest BCUT2D eigenvalue weighted by Crippen LogP contribution is 2.31. The number of ether oxygens (including phenoxy) is 4. The van der Waals surface area contributed by atoms with Gasteiger partial charge in [0.25, 0.3) is 0 Å². The highest BCUT2D eigenvalue weighted by Gasteiger charge is 2.49. The summed E-state index contributed by atoms with van der Waals surface area (Å²) in [5, 5.41) is 6.07. The highest BCUT2D eigenvalue weighted by atomic mass is 16.6. The second-order valence-electron chi connectivity index (χ2n) is 9.35. The predicted octanol–water partition coefficient (Wildman–Crippen LogP) is 5.01. The zero-order valence-electron chi connectivity index (χ0n) is 21.3. The van der Waals surface area contributed by atoms with Gasteiger partial charge in [0.1, 0.15) is 18.0 Å². The summed E-state index contributed by atoms with van der Waals surface area (Å²) in [5.41, 5.74) is 4.73. The molecule has 3 aromatic carbocycles. The van der Waals surface area contributed by atoms with Gasteiger partial charge in [-0.3, -0.25) is 5.32 Å². The number of amides is 1. The van der Waals surface area contributed by atoms with Crippen molar-refractivity contribution in [3.05, 3.63) is 91.1 Å². The van der Waals surface area contributed by atoms with Gasteiger partial charge in [-0.2, -0.15) is 0 Å². The van der Waals surface area contributed by atoms with Crippen LogP contribution in [0.15, 0.2) is 91.1 Å². The van der Waals surface area contributed by atoms with Crippen molar-refractivity contribution < 1.29 is 23.7 Å². The monoisotopic (exact) mass is 524 g/mol. The van der Waals surface area contributed by atoms with Crippen molar-refractivity contribution in [2.75, 3.05) is 31.0 Å². The van der Waals surface area contributed by atoms with E-state index in [0.29, 0.717) is 24.0 Å². The van der Waals surface area contributed by atoms with Gasteiger partial charge in [-0.15, -0.1) is 0 Å². The number of carbonyl (C=O) groups excluding carboxylic acids is 1. The lowest BCUT2D eigenvalue weighted by molar-refractivity contribution is 0.00917. The van der Waals surface area contributed by atoms with E-state index in [4.69, 9.17) is 23.9 Å². The van der Waals surface area contributed by atoms with E-state index in [1.165, 1.54) is 5.56 Å². The van der Waals surface area contributed by atoms with Gasteiger partial charge in [-0.05, 0) is 41.5 Å². The van der Waals surface area contributed by atoms with E-state index in [-0.39, 0.29) is 24.9 Å². The Kier molecular flexibility index (Phi) is 7.07. The molecule has 0 aliphatic carbocycles. The van der Waals surface area contributed by atoms with Gasteiger partial charge in [0, 0.05) is 17.4 Å². The molecule has 0 spiro atoms. The molecule has 0 unspecified atom stereocenters. The van der Waals surface area contributed by atoms with Gasteiger partial charge in [0.2, 0.25) is 5.95 Å². The predicted molar refractivity (Wildman–Crippen MR) is 147 cm³/mol. The fourth-order valence-electron chi connectivity index (χ4n) is 4.87. The second-order valence-corrected chi connectivity index (χ2v) is 9.35. The van der Waals surface area contributed by atoms with Crippen LogP contribution in [-0.4, -0.2) is 60.7 Å². The molecule has 1 amide bonds. The van der Waals surface area contributed by atoms with Crippen LogP contribution >= 0.6 is 0 Å². The van der Waals surface area contributed by atoms with Crippen molar-refractivity contribution in [1.82, 2.24) is 9.97 Å². The quantitative estimate of drug-likeness (QED) is 0.348. The van der Waals surface area contributed by atoms with E-state index in [0.717, 1.165) is 16.8 Å². The molecule has 4 atom stereocenters. The Morgan fingerprint density at radius 1 is 0.846 bits per heavy atom. The first-order valence-corrected chi connectivity index (χ1v) is 12.8. The average molecular weight is 525 g/mol. The lowest BCUT2D eigenvalue weighted by atomic mass is 10.0. The molecule has 4 aromatic rings. The van der Waals surface area contributed by atoms with Crippen molar-refractivity contribution in [1.29, 1.82) is 0 Å². The summed E-state index contributed by atoms with van der Waals surface area (Å²) in [6, 6.07) is 27.3. The van der Waals surface area contributed by atoms with Gasteiger partial charge in [-0.25, -0.2) is 14.8 Å². The topological polar surface area (TPSA) is 104 Å². The largest absolute Gasteiger partial charge is 0.497 e. The molecular formula is C30H28N4O5. The first kappa shape index (κ1) is 24.8. The number of benzene rings is 3. The van der Waals surface area contributed by atoms with Crippen LogP contribution in [0.1, 0.15) is 0 Å². The first-order valence-electron chi connectivity index (χ1n) is 12.8. The second kappa shape index (κ2) is 11.1. The van der Waals surface area contributed by atoms with Crippen LogP contribution in [0, 0.1) is 0 Å². The Labute approximate surface area is 226 Å². The van der Waals surface area contributed by atoms with Gasteiger partial charge in [0.05, 0.1) is 32.1 Å². The van der Waals surface area contributed by atoms with Crippen molar-refractivity contribution >= 4 is 17.7 Å². The number of rotatable bonds is 7. The van der Waals surface area contributed by atoms with E-state index in [1.54, 1.807) is 37.6 Å². The third-order valence-corrected chi connectivity index (χ3v) is 6.86. The maximum absolute atomic E-state index is 12.4. The van der Waals surface area contributed by atoms with Gasteiger partial charge in [-0.1, -0.05) is 54.6 Å². The number of hydrogen-bond acceptors (Lipinski definition) is 8. The van der Waals surface area contributed by atoms with Crippen LogP contribution in [0.25, 0.3) is 22.4 Å². The first-order chi connectivity index (χ1) is 19.2. The molecule has 2 aliphatic rings. The van der Waals surface area contributed by atoms with Crippen molar-refractivity contribution in [2.24, 2.45) is 0 Å². The summed E-state index contributed by atoms with van der Waals surface area (Å²) in [4.78, 5) is 21.6. The summed E-state index contributed by atoms with van der Waals surface area (Å²) in [6.45, 7) is 0.632. The molecular weight excluding hydrogens is 496 g/mol. The third kappa shape index (κ3) is 5.55. The lowest BCUT2D eigenvalue weighted by Crippen LogP contribution is -2.38. The van der Waals surface area contributed by atoms with Crippen LogP contribution in [0.4, 0.5) is 16.4 Å². The van der Waals surface area contributed by atoms with Crippen molar-refractivity contribution in [2.45, 2.75) is 24.4 Å². The molecule has 0 radical (unpaired) electrons. The van der Waals surface area contributed by atoms with Crippen molar-refractivity contribution in [3.63, 3.8) is 0 Å². The minimum absolute atomic E-state index is 0.177. The van der Waals surface area contributed by atoms with Crippen LogP contribution in [0.5, 0.6) is 5.75 Å². The normalized spacial score (nSPS) is 21.7. The fourth-order valence-corrected chi connectivity index (χ4v) is 4.87. The Morgan fingerprint density at radius 3 is 2.33 bits per heavy atom. The summed E-state index contributed by atoms with van der Waals surface area (Å²) in [5.74, 6) is 1.19. The zero-order valence-corrected chi connectivity index (χ0v) is 21.3. The maximum atomic E-state index is 12.4. The van der Waals surface area contributed by atoms with Crippen molar-refractivity contribution in [3.8, 4) is 28.1 Å². The molecule has 1 aromatic heterocycles. The summed E-state index contributed by atoms with van der Waals surface area (Å²) in [6.07, 6.45) is -0.0215. The number of hydrogen-bond donors (Lipinski definition) is 2. The summed E-state index contributed by atoms with van der Waals surface area (Å²) in [7, 11) is 1.59. The molecule has 2 saturated heterocycles. The molecule has 0 bridgehead atoms. The Bertz CT molecular complexity index is 1420. The fraction of sp³-hybridized carbons (Fsp3) is 0.233. The zero-order chi connectivity index (χ0) is 26.6. The molecule has 39 heavy (non-hydrogen) atoms. The Morgan fingerprint density at radius 2 is 1.56 bits per heavy atom. The number of methoxy groups -OCH3 is 1. The van der Waals surface area contributed by atoms with Gasteiger partial charge in [0.15, 0.2) is 6.10 Å². The maximum Gasteiger partial charge on any atom is 0.412 e. The number of fused-ring (bicyclic) bond motifs is 1. The number of carbonyl (C=O) groups is 1. The number of nitrogens with zero attached hydrogens (tertiary/aromatic N) is 2. The average Bonchev–Trinajstić information content (AvgIpc) is 3.57. The molecule has 2 fully saturated rings. The molecule has 2 aliphatic heterocycles. The minimum Gasteiger partial charge on any atom is -0.497 e. The number of nitrogens with one attached hydrogen (secondary N) is 2. The molecule has 9 nitrogen and oxygen atoms in total.